The van der Waals surface area contributed by atoms with Crippen LogP contribution in [0.4, 0.5) is 0 Å². The molecule has 0 saturated carbocycles. The second-order valence-corrected chi connectivity index (χ2v) is 6.24. The number of methoxy groups -OCH3 is 1. The minimum absolute atomic E-state index is 0.000553. The average Bonchev–Trinajstić information content (AvgIpc) is 2.41. The fraction of sp³-hybridized carbons (Fsp3) is 0.188. The van der Waals surface area contributed by atoms with Gasteiger partial charge in [-0.25, -0.2) is 0 Å². The van der Waals surface area contributed by atoms with Gasteiger partial charge in [-0.1, -0.05) is 41.4 Å². The van der Waals surface area contributed by atoms with Crippen molar-refractivity contribution in [1.82, 2.24) is 0 Å². The van der Waals surface area contributed by atoms with Crippen LogP contribution in [0, 0.1) is 13.8 Å². The summed E-state index contributed by atoms with van der Waals surface area (Å²) in [6.45, 7) is 4.06. The molecule has 1 atom stereocenters. The van der Waals surface area contributed by atoms with E-state index in [1.54, 1.807) is 25.3 Å². The highest BCUT2D eigenvalue weighted by Gasteiger charge is 2.17. The van der Waals surface area contributed by atoms with E-state index < -0.39 is 0 Å². The fourth-order valence-corrected chi connectivity index (χ4v) is 3.43. The molecule has 0 bridgehead atoms. The van der Waals surface area contributed by atoms with Crippen molar-refractivity contribution in [3.05, 3.63) is 58.1 Å². The quantitative estimate of drug-likeness (QED) is 0.795. The van der Waals surface area contributed by atoms with Gasteiger partial charge in [-0.15, -0.1) is 0 Å². The highest BCUT2D eigenvalue weighted by atomic mass is 35.5. The Bertz CT molecular complexity index is 653. The van der Waals surface area contributed by atoms with Crippen LogP contribution in [0.3, 0.4) is 0 Å². The SMILES string of the molecule is COc1cccc(Cl)c1C(=O)Pc1ccc(C)cc1C. The lowest BCUT2D eigenvalue weighted by molar-refractivity contribution is 0.108. The van der Waals surface area contributed by atoms with E-state index in [1.165, 1.54) is 5.56 Å². The van der Waals surface area contributed by atoms with E-state index in [4.69, 9.17) is 16.3 Å². The van der Waals surface area contributed by atoms with Crippen molar-refractivity contribution in [3.8, 4) is 5.75 Å². The van der Waals surface area contributed by atoms with Crippen LogP contribution < -0.4 is 10.0 Å². The van der Waals surface area contributed by atoms with Gasteiger partial charge in [0.1, 0.15) is 5.75 Å². The lowest BCUT2D eigenvalue weighted by Crippen LogP contribution is -2.06. The summed E-state index contributed by atoms with van der Waals surface area (Å²) in [5.74, 6) is 0.528. The summed E-state index contributed by atoms with van der Waals surface area (Å²) in [5.41, 5.74) is 2.79. The topological polar surface area (TPSA) is 26.3 Å². The molecule has 2 aromatic rings. The monoisotopic (exact) mass is 306 g/mol. The molecule has 4 heteroatoms. The Kier molecular flexibility index (Phi) is 4.80. The van der Waals surface area contributed by atoms with Crippen LogP contribution in [0.2, 0.25) is 5.02 Å². The first kappa shape index (κ1) is 15.0. The molecule has 0 aromatic heterocycles. The molecule has 0 aliphatic heterocycles. The van der Waals surface area contributed by atoms with Crippen LogP contribution in [-0.2, 0) is 0 Å². The van der Waals surface area contributed by atoms with Crippen LogP contribution in [0.15, 0.2) is 36.4 Å². The molecule has 2 aromatic carbocycles. The zero-order valence-corrected chi connectivity index (χ0v) is 13.4. The van der Waals surface area contributed by atoms with Crippen molar-refractivity contribution in [1.29, 1.82) is 0 Å². The number of hydrogen-bond acceptors (Lipinski definition) is 2. The van der Waals surface area contributed by atoms with E-state index in [0.717, 1.165) is 10.9 Å². The molecule has 20 heavy (non-hydrogen) atoms. The summed E-state index contributed by atoms with van der Waals surface area (Å²) in [4.78, 5) is 12.5. The van der Waals surface area contributed by atoms with Crippen molar-refractivity contribution < 1.29 is 9.53 Å². The molecule has 0 spiro atoms. The molecule has 2 nitrogen and oxygen atoms in total. The molecule has 1 unspecified atom stereocenters. The molecular weight excluding hydrogens is 291 g/mol. The van der Waals surface area contributed by atoms with Gasteiger partial charge in [-0.2, -0.15) is 0 Å². The van der Waals surface area contributed by atoms with Gasteiger partial charge >= 0.3 is 0 Å². The number of ether oxygens (including phenoxy) is 1. The van der Waals surface area contributed by atoms with Crippen molar-refractivity contribution in [2.75, 3.05) is 7.11 Å². The summed E-state index contributed by atoms with van der Waals surface area (Å²) >= 11 is 6.14. The predicted molar refractivity (Wildman–Crippen MR) is 86.2 cm³/mol. The summed E-state index contributed by atoms with van der Waals surface area (Å²) in [5, 5.41) is 1.48. The number of halogens is 1. The third kappa shape index (κ3) is 3.20. The van der Waals surface area contributed by atoms with Crippen molar-refractivity contribution in [2.24, 2.45) is 0 Å². The van der Waals surface area contributed by atoms with E-state index >= 15 is 0 Å². The average molecular weight is 307 g/mol. The van der Waals surface area contributed by atoms with E-state index in [9.17, 15) is 4.79 Å². The van der Waals surface area contributed by atoms with E-state index in [1.807, 2.05) is 26.0 Å². The zero-order valence-electron chi connectivity index (χ0n) is 11.7. The highest BCUT2D eigenvalue weighted by molar-refractivity contribution is 7.66. The van der Waals surface area contributed by atoms with Crippen LogP contribution in [0.1, 0.15) is 21.5 Å². The molecule has 104 valence electrons. The predicted octanol–water partition coefficient (Wildman–Crippen LogP) is 4.11. The number of benzene rings is 2. The maximum atomic E-state index is 12.5. The van der Waals surface area contributed by atoms with Gasteiger partial charge in [-0.3, -0.25) is 4.79 Å². The maximum Gasteiger partial charge on any atom is 0.190 e. The van der Waals surface area contributed by atoms with E-state index in [0.29, 0.717) is 16.3 Å². The normalized spacial score (nSPS) is 11.0. The number of carbonyl (C=O) groups is 1. The van der Waals surface area contributed by atoms with Gasteiger partial charge in [-0.05, 0) is 45.4 Å². The van der Waals surface area contributed by atoms with E-state index in [-0.39, 0.29) is 14.1 Å². The Labute approximate surface area is 125 Å². The first-order valence-electron chi connectivity index (χ1n) is 6.24. The minimum Gasteiger partial charge on any atom is -0.496 e. The molecule has 0 saturated heterocycles. The highest BCUT2D eigenvalue weighted by Crippen LogP contribution is 2.32. The van der Waals surface area contributed by atoms with Crippen LogP contribution in [0.5, 0.6) is 5.75 Å². The summed E-state index contributed by atoms with van der Waals surface area (Å²) < 4.78 is 5.23. The van der Waals surface area contributed by atoms with Crippen molar-refractivity contribution in [3.63, 3.8) is 0 Å². The third-order valence-electron chi connectivity index (χ3n) is 3.05. The third-order valence-corrected chi connectivity index (χ3v) is 4.67. The van der Waals surface area contributed by atoms with Gasteiger partial charge in [0.15, 0.2) is 5.52 Å². The smallest absolute Gasteiger partial charge is 0.190 e. The fourth-order valence-electron chi connectivity index (χ4n) is 2.03. The number of carbonyl (C=O) groups excluding carboxylic acids is 1. The Hall–Kier alpha value is -1.37. The second-order valence-electron chi connectivity index (χ2n) is 4.59. The van der Waals surface area contributed by atoms with Gasteiger partial charge in [0.2, 0.25) is 0 Å². The molecule has 0 aliphatic carbocycles. The van der Waals surface area contributed by atoms with Gasteiger partial charge < -0.3 is 4.74 Å². The molecule has 2 rings (SSSR count). The van der Waals surface area contributed by atoms with Gasteiger partial charge in [0, 0.05) is 0 Å². The van der Waals surface area contributed by atoms with Crippen LogP contribution >= 0.6 is 20.2 Å². The standard InChI is InChI=1S/C16H16ClO2P/c1-10-7-8-14(11(2)9-10)20-16(18)15-12(17)5-4-6-13(15)19-3/h4-9,20H,1-3H3. The van der Waals surface area contributed by atoms with Gasteiger partial charge in [0.25, 0.3) is 0 Å². The molecule has 0 aliphatic rings. The van der Waals surface area contributed by atoms with Crippen molar-refractivity contribution >= 4 is 31.0 Å². The minimum atomic E-state index is -0.000553. The Morgan fingerprint density at radius 2 is 1.95 bits per heavy atom. The largest absolute Gasteiger partial charge is 0.496 e. The lowest BCUT2D eigenvalue weighted by Gasteiger charge is -2.11. The number of rotatable bonds is 4. The molecule has 0 fully saturated rings. The molecule has 0 radical (unpaired) electrons. The first-order valence-corrected chi connectivity index (χ1v) is 7.62. The van der Waals surface area contributed by atoms with Gasteiger partial charge in [0.05, 0.1) is 17.7 Å². The summed E-state index contributed by atoms with van der Waals surface area (Å²) in [6, 6.07) is 11.4. The molecule has 0 heterocycles. The zero-order chi connectivity index (χ0) is 14.7. The Balaban J connectivity index is 2.33. The van der Waals surface area contributed by atoms with E-state index in [2.05, 4.69) is 6.07 Å². The Morgan fingerprint density at radius 3 is 2.60 bits per heavy atom. The summed E-state index contributed by atoms with van der Waals surface area (Å²) in [6.07, 6.45) is 0. The molecule has 0 amide bonds. The van der Waals surface area contributed by atoms with Crippen LogP contribution in [0.25, 0.3) is 0 Å². The number of hydrogen-bond donors (Lipinski definition) is 0. The Morgan fingerprint density at radius 1 is 1.20 bits per heavy atom. The first-order chi connectivity index (χ1) is 9.52. The summed E-state index contributed by atoms with van der Waals surface area (Å²) in [7, 11) is 1.59. The second kappa shape index (κ2) is 6.39. The molecule has 0 N–H and O–H groups in total. The lowest BCUT2D eigenvalue weighted by atomic mass is 10.2. The van der Waals surface area contributed by atoms with Crippen molar-refractivity contribution in [2.45, 2.75) is 13.8 Å². The number of aryl methyl sites for hydroxylation is 2. The maximum absolute atomic E-state index is 12.5. The van der Waals surface area contributed by atoms with Crippen LogP contribution in [-0.4, -0.2) is 12.6 Å². The molecular formula is C16H16ClO2P.